The predicted octanol–water partition coefficient (Wildman–Crippen LogP) is 1.93. The van der Waals surface area contributed by atoms with Gasteiger partial charge in [0.15, 0.2) is 17.3 Å². The Morgan fingerprint density at radius 1 is 1.43 bits per heavy atom. The molecule has 1 unspecified atom stereocenters. The SMILES string of the molecule is CNC(C)Cc1noc(-c2ncccc2OCC(F)F)n1. The van der Waals surface area contributed by atoms with Crippen LogP contribution in [0.3, 0.4) is 0 Å². The van der Waals surface area contributed by atoms with Crippen LogP contribution in [-0.2, 0) is 6.42 Å². The summed E-state index contributed by atoms with van der Waals surface area (Å²) in [7, 11) is 1.83. The first-order chi connectivity index (χ1) is 10.1. The number of nitrogens with one attached hydrogen (secondary N) is 1. The molecule has 0 bridgehead atoms. The Bertz CT molecular complexity index is 577. The molecule has 0 radical (unpaired) electrons. The second kappa shape index (κ2) is 7.07. The second-order valence-corrected chi connectivity index (χ2v) is 4.46. The molecule has 0 aliphatic rings. The fourth-order valence-electron chi connectivity index (χ4n) is 1.63. The molecule has 0 fully saturated rings. The summed E-state index contributed by atoms with van der Waals surface area (Å²) in [5.41, 5.74) is 0.258. The molecule has 2 aromatic rings. The number of alkyl halides is 2. The number of pyridine rings is 1. The summed E-state index contributed by atoms with van der Waals surface area (Å²) in [6, 6.07) is 3.31. The number of ether oxygens (including phenoxy) is 1. The molecule has 0 saturated heterocycles. The lowest BCUT2D eigenvalue weighted by atomic mass is 10.2. The van der Waals surface area contributed by atoms with E-state index in [1.165, 1.54) is 12.3 Å². The molecule has 2 rings (SSSR count). The smallest absolute Gasteiger partial charge is 0.280 e. The molecular weight excluding hydrogens is 282 g/mol. The second-order valence-electron chi connectivity index (χ2n) is 4.46. The summed E-state index contributed by atoms with van der Waals surface area (Å²) in [4.78, 5) is 8.27. The number of rotatable bonds is 7. The number of nitrogens with zero attached hydrogens (tertiary/aromatic N) is 3. The number of hydrogen-bond acceptors (Lipinski definition) is 6. The van der Waals surface area contributed by atoms with Crippen LogP contribution >= 0.6 is 0 Å². The van der Waals surface area contributed by atoms with Crippen LogP contribution in [0.1, 0.15) is 12.7 Å². The average molecular weight is 298 g/mol. The molecule has 0 saturated carbocycles. The van der Waals surface area contributed by atoms with Crippen molar-refractivity contribution in [3.8, 4) is 17.3 Å². The Balaban J connectivity index is 2.17. The van der Waals surface area contributed by atoms with E-state index in [0.717, 1.165) is 0 Å². The third kappa shape index (κ3) is 4.19. The Morgan fingerprint density at radius 2 is 2.24 bits per heavy atom. The molecule has 6 nitrogen and oxygen atoms in total. The van der Waals surface area contributed by atoms with Gasteiger partial charge in [0.2, 0.25) is 0 Å². The largest absolute Gasteiger partial charge is 0.485 e. The van der Waals surface area contributed by atoms with Gasteiger partial charge in [-0.3, -0.25) is 0 Å². The normalized spacial score (nSPS) is 12.6. The molecule has 0 aliphatic carbocycles. The van der Waals surface area contributed by atoms with Gasteiger partial charge in [-0.15, -0.1) is 0 Å². The Kier molecular flexibility index (Phi) is 5.15. The highest BCUT2D eigenvalue weighted by Crippen LogP contribution is 2.26. The molecule has 114 valence electrons. The maximum Gasteiger partial charge on any atom is 0.280 e. The van der Waals surface area contributed by atoms with Crippen LogP contribution in [0.25, 0.3) is 11.6 Å². The molecule has 1 N–H and O–H groups in total. The highest BCUT2D eigenvalue weighted by Gasteiger charge is 2.17. The molecule has 0 aromatic carbocycles. The summed E-state index contributed by atoms with van der Waals surface area (Å²) < 4.78 is 34.6. The summed E-state index contributed by atoms with van der Waals surface area (Å²) in [6.45, 7) is 1.27. The van der Waals surface area contributed by atoms with Gasteiger partial charge in [-0.1, -0.05) is 5.16 Å². The van der Waals surface area contributed by atoms with Gasteiger partial charge in [0.05, 0.1) is 0 Å². The zero-order chi connectivity index (χ0) is 15.2. The third-order valence-corrected chi connectivity index (χ3v) is 2.79. The van der Waals surface area contributed by atoms with Crippen LogP contribution in [0, 0.1) is 0 Å². The third-order valence-electron chi connectivity index (χ3n) is 2.79. The molecule has 2 aromatic heterocycles. The van der Waals surface area contributed by atoms with Crippen LogP contribution in [0.4, 0.5) is 8.78 Å². The first-order valence-corrected chi connectivity index (χ1v) is 6.46. The molecule has 8 heteroatoms. The monoisotopic (exact) mass is 298 g/mol. The zero-order valence-corrected chi connectivity index (χ0v) is 11.7. The van der Waals surface area contributed by atoms with Gasteiger partial charge >= 0.3 is 0 Å². The highest BCUT2D eigenvalue weighted by molar-refractivity contribution is 5.56. The van der Waals surface area contributed by atoms with E-state index in [0.29, 0.717) is 12.2 Å². The van der Waals surface area contributed by atoms with E-state index in [9.17, 15) is 8.78 Å². The van der Waals surface area contributed by atoms with Crippen LogP contribution in [-0.4, -0.2) is 41.2 Å². The van der Waals surface area contributed by atoms with Crippen molar-refractivity contribution in [1.82, 2.24) is 20.4 Å². The lowest BCUT2D eigenvalue weighted by Gasteiger charge is -2.07. The quantitative estimate of drug-likeness (QED) is 0.842. The van der Waals surface area contributed by atoms with Gasteiger partial charge in [0.1, 0.15) is 6.61 Å². The summed E-state index contributed by atoms with van der Waals surface area (Å²) >= 11 is 0. The number of likely N-dealkylation sites (N-methyl/N-ethyl adjacent to an activating group) is 1. The minimum absolute atomic E-state index is 0.151. The number of halogens is 2. The average Bonchev–Trinajstić information content (AvgIpc) is 2.93. The molecule has 0 aliphatic heterocycles. The number of aromatic nitrogens is 3. The topological polar surface area (TPSA) is 73.1 Å². The van der Waals surface area contributed by atoms with Crippen molar-refractivity contribution in [1.29, 1.82) is 0 Å². The van der Waals surface area contributed by atoms with Gasteiger partial charge < -0.3 is 14.6 Å². The van der Waals surface area contributed by atoms with E-state index in [-0.39, 0.29) is 23.4 Å². The highest BCUT2D eigenvalue weighted by atomic mass is 19.3. The Morgan fingerprint density at radius 3 is 2.95 bits per heavy atom. The van der Waals surface area contributed by atoms with E-state index >= 15 is 0 Å². The van der Waals surface area contributed by atoms with Gasteiger partial charge in [0, 0.05) is 18.7 Å². The first kappa shape index (κ1) is 15.3. The van der Waals surface area contributed by atoms with Crippen LogP contribution in [0.5, 0.6) is 5.75 Å². The van der Waals surface area contributed by atoms with Crippen molar-refractivity contribution in [2.24, 2.45) is 0 Å². The van der Waals surface area contributed by atoms with Crippen molar-refractivity contribution >= 4 is 0 Å². The summed E-state index contributed by atoms with van der Waals surface area (Å²) in [5.74, 6) is 0.852. The van der Waals surface area contributed by atoms with Crippen molar-refractivity contribution in [3.63, 3.8) is 0 Å². The van der Waals surface area contributed by atoms with Crippen molar-refractivity contribution in [2.45, 2.75) is 25.8 Å². The van der Waals surface area contributed by atoms with E-state index in [4.69, 9.17) is 9.26 Å². The Hall–Kier alpha value is -2.09. The summed E-state index contributed by atoms with van der Waals surface area (Å²) in [6.07, 6.45) is -0.474. The minimum Gasteiger partial charge on any atom is -0.485 e. The Labute approximate surface area is 120 Å². The van der Waals surface area contributed by atoms with Crippen LogP contribution in [0.15, 0.2) is 22.9 Å². The maximum absolute atomic E-state index is 12.2. The van der Waals surface area contributed by atoms with Crippen molar-refractivity contribution in [3.05, 3.63) is 24.2 Å². The van der Waals surface area contributed by atoms with Gasteiger partial charge in [-0.2, -0.15) is 4.98 Å². The molecule has 21 heavy (non-hydrogen) atoms. The lowest BCUT2D eigenvalue weighted by Crippen LogP contribution is -2.24. The fraction of sp³-hybridized carbons (Fsp3) is 0.462. The van der Waals surface area contributed by atoms with E-state index in [2.05, 4.69) is 20.4 Å². The van der Waals surface area contributed by atoms with Crippen molar-refractivity contribution in [2.75, 3.05) is 13.7 Å². The molecule has 1 atom stereocenters. The van der Waals surface area contributed by atoms with E-state index in [1.807, 2.05) is 14.0 Å². The zero-order valence-electron chi connectivity index (χ0n) is 11.7. The first-order valence-electron chi connectivity index (χ1n) is 6.46. The standard InChI is InChI=1S/C13H16F2N4O2/c1-8(16-2)6-11-18-13(21-19-11)12-9(4-3-5-17-12)20-7-10(14)15/h3-5,8,10,16H,6-7H2,1-2H3. The van der Waals surface area contributed by atoms with Gasteiger partial charge in [-0.25, -0.2) is 13.8 Å². The lowest BCUT2D eigenvalue weighted by molar-refractivity contribution is 0.0819. The predicted molar refractivity (Wildman–Crippen MR) is 71.3 cm³/mol. The molecule has 0 spiro atoms. The van der Waals surface area contributed by atoms with Gasteiger partial charge in [-0.05, 0) is 26.1 Å². The van der Waals surface area contributed by atoms with Crippen LogP contribution in [0.2, 0.25) is 0 Å². The fourth-order valence-corrected chi connectivity index (χ4v) is 1.63. The maximum atomic E-state index is 12.2. The summed E-state index contributed by atoms with van der Waals surface area (Å²) in [5, 5.41) is 6.91. The molecule has 0 amide bonds. The van der Waals surface area contributed by atoms with Crippen LogP contribution < -0.4 is 10.1 Å². The minimum atomic E-state index is -2.56. The van der Waals surface area contributed by atoms with E-state index in [1.54, 1.807) is 6.07 Å². The van der Waals surface area contributed by atoms with E-state index < -0.39 is 13.0 Å². The van der Waals surface area contributed by atoms with Gasteiger partial charge in [0.25, 0.3) is 12.3 Å². The number of hydrogen-bond donors (Lipinski definition) is 1. The molecule has 2 heterocycles. The van der Waals surface area contributed by atoms with Crippen molar-refractivity contribution < 1.29 is 18.0 Å². The molecular formula is C13H16F2N4O2.